The van der Waals surface area contributed by atoms with Crippen LogP contribution in [0.2, 0.25) is 0 Å². The van der Waals surface area contributed by atoms with Gasteiger partial charge in [0, 0.05) is 18.2 Å². The molecule has 2 aromatic heterocycles. The van der Waals surface area contributed by atoms with Crippen LogP contribution in [0.3, 0.4) is 0 Å². The summed E-state index contributed by atoms with van der Waals surface area (Å²) >= 11 is 0. The molecule has 60 heavy (non-hydrogen) atoms. The van der Waals surface area contributed by atoms with Crippen LogP contribution in [-0.4, -0.2) is 82.3 Å². The zero-order valence-corrected chi connectivity index (χ0v) is 32.9. The number of ether oxygens (including phenoxy) is 5. The van der Waals surface area contributed by atoms with Gasteiger partial charge < -0.3 is 34.1 Å². The molecule has 304 valence electrons. The minimum absolute atomic E-state index is 0.0430. The molecule has 1 aliphatic heterocycles. The van der Waals surface area contributed by atoms with E-state index in [9.17, 15) is 19.5 Å². The normalized spacial score (nSPS) is 17.7. The third-order valence-electron chi connectivity index (χ3n) is 10.6. The van der Waals surface area contributed by atoms with Gasteiger partial charge in [0.2, 0.25) is 0 Å². The monoisotopic (exact) mass is 807 g/mol. The van der Waals surface area contributed by atoms with Crippen LogP contribution >= 0.6 is 0 Å². The lowest BCUT2D eigenvalue weighted by Gasteiger charge is -2.37. The Bertz CT molecular complexity index is 2610. The topological polar surface area (TPSA) is 165 Å². The van der Waals surface area contributed by atoms with E-state index in [2.05, 4.69) is 15.3 Å². The van der Waals surface area contributed by atoms with E-state index in [1.165, 1.54) is 13.4 Å². The van der Waals surface area contributed by atoms with Crippen molar-refractivity contribution in [2.24, 2.45) is 0 Å². The molecule has 1 fully saturated rings. The summed E-state index contributed by atoms with van der Waals surface area (Å²) in [6.45, 7) is -0.200. The summed E-state index contributed by atoms with van der Waals surface area (Å²) in [5.41, 5.74) is 0.594. The maximum absolute atomic E-state index is 14.7. The maximum Gasteiger partial charge on any atom is 0.339 e. The number of amides is 1. The Labute approximate surface area is 344 Å². The Morgan fingerprint density at radius 3 is 1.82 bits per heavy atom. The average molecular weight is 808 g/mol. The number of nitrogens with zero attached hydrogens (tertiary/aromatic N) is 4. The molecule has 1 aliphatic rings. The van der Waals surface area contributed by atoms with E-state index in [0.717, 1.165) is 25.8 Å². The van der Waals surface area contributed by atoms with Crippen LogP contribution in [0.25, 0.3) is 11.2 Å². The third-order valence-corrected chi connectivity index (χ3v) is 10.6. The molecule has 2 N–H and O–H groups in total. The number of aliphatic hydroxyl groups excluding tert-OH is 1. The van der Waals surface area contributed by atoms with Crippen LogP contribution in [0.5, 0.6) is 11.5 Å². The Morgan fingerprint density at radius 1 is 0.733 bits per heavy atom. The number of aliphatic hydroxyl groups is 1. The summed E-state index contributed by atoms with van der Waals surface area (Å²) in [5.74, 6) is -0.0125. The molecule has 5 aromatic carbocycles. The second-order valence-corrected chi connectivity index (χ2v) is 13.9. The van der Waals surface area contributed by atoms with E-state index in [-0.39, 0.29) is 29.2 Å². The largest absolute Gasteiger partial charge is 0.497 e. The van der Waals surface area contributed by atoms with Crippen molar-refractivity contribution in [3.63, 3.8) is 0 Å². The van der Waals surface area contributed by atoms with Gasteiger partial charge in [0.05, 0.1) is 20.8 Å². The van der Waals surface area contributed by atoms with Crippen molar-refractivity contribution in [3.05, 3.63) is 184 Å². The number of carbonyl (C=O) groups excluding carboxylic acids is 2. The smallest absolute Gasteiger partial charge is 0.339 e. The summed E-state index contributed by atoms with van der Waals surface area (Å²) in [4.78, 5) is 51.1. The van der Waals surface area contributed by atoms with Gasteiger partial charge in [-0.1, -0.05) is 91.0 Å². The van der Waals surface area contributed by atoms with Crippen LogP contribution in [0.15, 0.2) is 151 Å². The minimum Gasteiger partial charge on any atom is -0.497 e. The van der Waals surface area contributed by atoms with Crippen LogP contribution in [0.4, 0.5) is 5.82 Å². The molecule has 1 amide bonds. The summed E-state index contributed by atoms with van der Waals surface area (Å²) in [6, 6.07) is 41.3. The van der Waals surface area contributed by atoms with Crippen molar-refractivity contribution in [3.8, 4) is 11.5 Å². The number of hydrogen-bond donors (Lipinski definition) is 2. The SMILES string of the molecule is COc1ccc(C(OC[C@H]2O[C@@H](n3c(=O)n(C(=O)c4ccccc4)c4c(NC(=O)c5ccccc5)ncnc43)[C@H](OC)[C@@H]2O)(c2ccccc2)c2ccc(OC)cc2)cc1. The molecular formula is C46H41N5O9. The first kappa shape index (κ1) is 39.8. The lowest BCUT2D eigenvalue weighted by Crippen LogP contribution is -2.40. The molecule has 0 unspecified atom stereocenters. The van der Waals surface area contributed by atoms with E-state index < -0.39 is 47.6 Å². The highest BCUT2D eigenvalue weighted by atomic mass is 16.6. The van der Waals surface area contributed by atoms with E-state index in [4.69, 9.17) is 23.7 Å². The van der Waals surface area contributed by atoms with Gasteiger partial charge in [-0.05, 0) is 65.2 Å². The number of fused-ring (bicyclic) bond motifs is 1. The standard InChI is InChI=1S/C46H41N5O9/c1-56-34-23-19-32(20-24-34)46(31-17-11-6-12-18-31,33-21-25-35(57-2)26-22-33)59-27-36-38(52)39(58-3)44(60-36)51-41-37(50(45(51)55)43(54)30-15-9-5-10-16-30)40(47-28-48-41)49-42(53)29-13-7-4-8-14-29/h4-26,28,36,38-39,44,52H,27H2,1-3H3,(H,47,48,49,53)/t36-,38-,39-,44-/m1/s1. The predicted octanol–water partition coefficient (Wildman–Crippen LogP) is 5.83. The molecule has 3 heterocycles. The molecule has 14 nitrogen and oxygen atoms in total. The quantitative estimate of drug-likeness (QED) is 0.135. The number of methoxy groups -OCH3 is 3. The lowest BCUT2D eigenvalue weighted by atomic mass is 9.80. The highest BCUT2D eigenvalue weighted by molar-refractivity contribution is 6.09. The van der Waals surface area contributed by atoms with Crippen molar-refractivity contribution in [2.45, 2.75) is 30.1 Å². The van der Waals surface area contributed by atoms with Gasteiger partial charge in [0.25, 0.3) is 11.8 Å². The lowest BCUT2D eigenvalue weighted by molar-refractivity contribution is -0.0955. The fourth-order valence-corrected chi connectivity index (χ4v) is 7.63. The summed E-state index contributed by atoms with van der Waals surface area (Å²) < 4.78 is 32.5. The maximum atomic E-state index is 14.7. The van der Waals surface area contributed by atoms with Gasteiger partial charge in [0.15, 0.2) is 17.7 Å². The highest BCUT2D eigenvalue weighted by Crippen LogP contribution is 2.43. The van der Waals surface area contributed by atoms with Gasteiger partial charge in [0.1, 0.15) is 47.3 Å². The minimum atomic E-state index is -1.34. The van der Waals surface area contributed by atoms with E-state index >= 15 is 0 Å². The van der Waals surface area contributed by atoms with Gasteiger partial charge in [-0.3, -0.25) is 9.59 Å². The molecule has 0 bridgehead atoms. The van der Waals surface area contributed by atoms with Gasteiger partial charge in [-0.25, -0.2) is 23.9 Å². The number of aromatic nitrogens is 4. The third kappa shape index (κ3) is 7.22. The Balaban J connectivity index is 1.22. The van der Waals surface area contributed by atoms with E-state index in [0.29, 0.717) is 17.1 Å². The first-order valence-corrected chi connectivity index (χ1v) is 19.1. The molecule has 0 saturated carbocycles. The summed E-state index contributed by atoms with van der Waals surface area (Å²) in [6.07, 6.45) is -3.71. The predicted molar refractivity (Wildman–Crippen MR) is 221 cm³/mol. The first-order valence-electron chi connectivity index (χ1n) is 19.1. The molecular weight excluding hydrogens is 767 g/mol. The highest BCUT2D eigenvalue weighted by Gasteiger charge is 2.49. The Kier molecular flexibility index (Phi) is 11.3. The van der Waals surface area contributed by atoms with Crippen LogP contribution < -0.4 is 20.5 Å². The molecule has 14 heteroatoms. The van der Waals surface area contributed by atoms with Crippen LogP contribution in [-0.2, 0) is 19.8 Å². The van der Waals surface area contributed by atoms with Crippen molar-refractivity contribution in [1.82, 2.24) is 19.1 Å². The number of benzene rings is 5. The Hall–Kier alpha value is -6.97. The summed E-state index contributed by atoms with van der Waals surface area (Å²) in [7, 11) is 4.57. The second-order valence-electron chi connectivity index (χ2n) is 13.9. The van der Waals surface area contributed by atoms with Gasteiger partial charge in [-0.15, -0.1) is 0 Å². The number of anilines is 1. The molecule has 7 aromatic rings. The summed E-state index contributed by atoms with van der Waals surface area (Å²) in [5, 5.41) is 14.7. The van der Waals surface area contributed by atoms with Crippen LogP contribution in [0.1, 0.15) is 43.6 Å². The van der Waals surface area contributed by atoms with E-state index in [1.807, 2.05) is 78.9 Å². The molecule has 8 rings (SSSR count). The molecule has 1 saturated heterocycles. The zero-order valence-electron chi connectivity index (χ0n) is 32.9. The van der Waals surface area contributed by atoms with Gasteiger partial charge in [-0.2, -0.15) is 0 Å². The number of rotatable bonds is 13. The van der Waals surface area contributed by atoms with Crippen molar-refractivity contribution >= 4 is 28.8 Å². The van der Waals surface area contributed by atoms with E-state index in [1.54, 1.807) is 74.9 Å². The molecule has 0 aliphatic carbocycles. The fraction of sp³-hybridized carbons (Fsp3) is 0.196. The number of hydrogen-bond acceptors (Lipinski definition) is 11. The molecule has 4 atom stereocenters. The average Bonchev–Trinajstić information content (AvgIpc) is 3.78. The number of carbonyl (C=O) groups is 2. The Morgan fingerprint density at radius 2 is 1.27 bits per heavy atom. The fourth-order valence-electron chi connectivity index (χ4n) is 7.63. The molecule has 0 spiro atoms. The van der Waals surface area contributed by atoms with Gasteiger partial charge >= 0.3 is 5.69 Å². The van der Waals surface area contributed by atoms with Crippen molar-refractivity contribution < 1.29 is 38.4 Å². The van der Waals surface area contributed by atoms with Crippen molar-refractivity contribution in [2.75, 3.05) is 33.3 Å². The first-order chi connectivity index (χ1) is 29.3. The second kappa shape index (κ2) is 17.1. The van der Waals surface area contributed by atoms with Crippen molar-refractivity contribution in [1.29, 1.82) is 0 Å². The number of nitrogens with one attached hydrogen (secondary N) is 1. The molecule has 0 radical (unpaired) electrons. The number of imidazole rings is 1. The zero-order chi connectivity index (χ0) is 41.8. The van der Waals surface area contributed by atoms with Crippen LogP contribution in [0, 0.1) is 0 Å².